The third-order valence-corrected chi connectivity index (χ3v) is 26.6. The maximum absolute atomic E-state index is 11.7. The fraction of sp³-hybridized carbons (Fsp3) is 0.703. The molecule has 0 spiro atoms. The number of rotatable bonds is 28. The standard InChI is InChI=1S/2C19H30N4O.C17H28N4O2.C16H26N4O2.2C15H24N4O2/c2*1-12-6-8-15(9-7-12)22-19-21-11-16(18(20)24)17(23-19)10-13(2)14-4-3-5-14;1-16(2,3)9-13-12(14(18)22)10-19-15(21-13)20-11-5-7-17(4,23)8-6-11;1-16(2,3)8-13-12(14(17)22)9-18-15(20-13)19-10-5-4-6-11(21)7-10;2*1-15(2,3)7-12-11(13(16)20)8-17-14(19-12)18-10-5-4-6-21-9-10/h2*11-15H,3-10H2,1-2H3,(H2,20,24)(H,21,22,23);10-11,23H,5-9H2,1-4H3,(H2,18,22)(H,19,20,21);9-11,21H,4-8H2,1-3H3,(H2,17,22)(H,18,19,20);2*8,10H,4-7,9H2,1-3H3,(H2,16,20)(H,17,18,19)/t2*12?,13-,15?;;10-,11-;2*10-/m10.110/s1. The Labute approximate surface area is 801 Å². The lowest BCUT2D eigenvalue weighted by Gasteiger charge is -2.33. The van der Waals surface area contributed by atoms with Crippen LogP contribution in [0.3, 0.4) is 0 Å². The number of anilines is 6. The van der Waals surface area contributed by atoms with Crippen molar-refractivity contribution in [3.05, 3.63) is 105 Å². The molecule has 6 aliphatic carbocycles. The smallest absolute Gasteiger partial charge is 0.252 e. The molecule has 8 aliphatic rings. The molecule has 0 aromatic carbocycles. The van der Waals surface area contributed by atoms with Crippen molar-refractivity contribution >= 4 is 71.1 Å². The minimum atomic E-state index is -0.563. The predicted octanol–water partition coefficient (Wildman–Crippen LogP) is 14.7. The molecule has 135 heavy (non-hydrogen) atoms. The first kappa shape index (κ1) is 109. The van der Waals surface area contributed by atoms with E-state index in [1.54, 1.807) is 12.4 Å². The van der Waals surface area contributed by atoms with Crippen LogP contribution in [0.2, 0.25) is 0 Å². The Morgan fingerprint density at radius 1 is 0.356 bits per heavy atom. The minimum Gasteiger partial charge on any atom is -0.393 e. The molecule has 6 aromatic heterocycles. The molecule has 0 unspecified atom stereocenters. The third-order valence-electron chi connectivity index (χ3n) is 26.6. The number of nitrogens with two attached hydrogens (primary N) is 6. The molecule has 6 atom stereocenters. The average molecular weight is 1870 g/mol. The molecule has 2 aliphatic heterocycles. The lowest BCUT2D eigenvalue weighted by Crippen LogP contribution is -2.36. The minimum absolute atomic E-state index is 0.000631. The lowest BCUT2D eigenvalue weighted by molar-refractivity contribution is 0.0195. The Morgan fingerprint density at radius 2 is 0.600 bits per heavy atom. The molecule has 34 heteroatoms. The molecule has 0 bridgehead atoms. The van der Waals surface area contributed by atoms with Crippen LogP contribution >= 0.6 is 0 Å². The predicted molar refractivity (Wildman–Crippen MR) is 530 cm³/mol. The van der Waals surface area contributed by atoms with E-state index < -0.39 is 41.0 Å². The van der Waals surface area contributed by atoms with Crippen molar-refractivity contribution in [2.45, 2.75) is 371 Å². The molecule has 34 nitrogen and oxygen atoms in total. The molecule has 8 heterocycles. The number of ether oxygens (including phenoxy) is 2. The van der Waals surface area contributed by atoms with E-state index in [0.717, 1.165) is 157 Å². The Kier molecular flexibility index (Phi) is 40.5. The van der Waals surface area contributed by atoms with E-state index in [2.05, 4.69) is 202 Å². The van der Waals surface area contributed by atoms with Gasteiger partial charge in [0.05, 0.1) is 105 Å². The van der Waals surface area contributed by atoms with Gasteiger partial charge in [0.15, 0.2) is 0 Å². The monoisotopic (exact) mass is 1870 g/mol. The number of hydrogen-bond acceptors (Lipinski definition) is 28. The number of nitrogens with one attached hydrogen (secondary N) is 6. The highest BCUT2D eigenvalue weighted by Gasteiger charge is 2.34. The molecule has 6 saturated carbocycles. The highest BCUT2D eigenvalue weighted by atomic mass is 16.5. The molecular formula is C101H162N24O10. The van der Waals surface area contributed by atoms with Crippen LogP contribution in [0.1, 0.15) is 381 Å². The second-order valence-electron chi connectivity index (χ2n) is 44.6. The summed E-state index contributed by atoms with van der Waals surface area (Å²) < 4.78 is 10.9. The zero-order chi connectivity index (χ0) is 98.7. The zero-order valence-electron chi connectivity index (χ0n) is 83.9. The Morgan fingerprint density at radius 3 is 0.844 bits per heavy atom. The highest BCUT2D eigenvalue weighted by molar-refractivity contribution is 5.96. The summed E-state index contributed by atoms with van der Waals surface area (Å²) in [5.41, 5.74) is 39.1. The van der Waals surface area contributed by atoms with E-state index >= 15 is 0 Å². The fourth-order valence-corrected chi connectivity index (χ4v) is 18.3. The van der Waals surface area contributed by atoms with Crippen LogP contribution in [0, 0.1) is 57.2 Å². The van der Waals surface area contributed by atoms with Gasteiger partial charge < -0.3 is 86.0 Å². The van der Waals surface area contributed by atoms with Crippen LogP contribution in [0.25, 0.3) is 0 Å². The maximum atomic E-state index is 11.7. The summed E-state index contributed by atoms with van der Waals surface area (Å²) in [6.45, 7) is 39.1. The fourth-order valence-electron chi connectivity index (χ4n) is 18.3. The number of nitrogens with zero attached hydrogens (tertiary/aromatic N) is 12. The maximum Gasteiger partial charge on any atom is 0.252 e. The van der Waals surface area contributed by atoms with Gasteiger partial charge in [-0.1, -0.05) is 149 Å². The summed E-state index contributed by atoms with van der Waals surface area (Å²) in [6.07, 6.45) is 41.7. The topological polar surface area (TPSA) is 544 Å². The van der Waals surface area contributed by atoms with E-state index in [0.29, 0.717) is 161 Å². The Bertz CT molecular complexity index is 4610. The largest absolute Gasteiger partial charge is 0.393 e. The van der Waals surface area contributed by atoms with Crippen molar-refractivity contribution in [3.63, 3.8) is 0 Å². The number of aliphatic hydroxyl groups is 2. The van der Waals surface area contributed by atoms with Gasteiger partial charge in [-0.25, -0.2) is 59.8 Å². The molecule has 2 saturated heterocycles. The first-order chi connectivity index (χ1) is 63.5. The van der Waals surface area contributed by atoms with Crippen molar-refractivity contribution < 1.29 is 48.5 Å². The quantitative estimate of drug-likeness (QED) is 0.0217. The Hall–Kier alpha value is -10.1. The van der Waals surface area contributed by atoms with E-state index in [1.165, 1.54) is 89.0 Å². The van der Waals surface area contributed by atoms with Gasteiger partial charge in [-0.15, -0.1) is 0 Å². The van der Waals surface area contributed by atoms with E-state index in [4.69, 9.17) is 43.9 Å². The van der Waals surface area contributed by atoms with Gasteiger partial charge in [0.1, 0.15) is 0 Å². The number of carbonyl (C=O) groups excluding carboxylic acids is 6. The van der Waals surface area contributed by atoms with Gasteiger partial charge in [-0.2, -0.15) is 0 Å². The molecule has 6 aromatic rings. The van der Waals surface area contributed by atoms with Crippen molar-refractivity contribution in [1.29, 1.82) is 0 Å². The molecule has 8 fully saturated rings. The first-order valence-electron chi connectivity index (χ1n) is 49.6. The van der Waals surface area contributed by atoms with E-state index in [-0.39, 0.29) is 51.9 Å². The number of aliphatic hydroxyl groups excluding tert-OH is 1. The zero-order valence-corrected chi connectivity index (χ0v) is 83.9. The third kappa shape index (κ3) is 37.4. The summed E-state index contributed by atoms with van der Waals surface area (Å²) >= 11 is 0. The van der Waals surface area contributed by atoms with Gasteiger partial charge in [0, 0.05) is 74.6 Å². The van der Waals surface area contributed by atoms with Crippen molar-refractivity contribution in [2.75, 3.05) is 58.3 Å². The number of hydrogen-bond donors (Lipinski definition) is 14. The number of aromatic nitrogens is 12. The number of amides is 6. The summed E-state index contributed by atoms with van der Waals surface area (Å²) in [6, 6.07) is 1.75. The second kappa shape index (κ2) is 50.3. The number of carbonyl (C=O) groups is 6. The highest BCUT2D eigenvalue weighted by Crippen LogP contribution is 2.39. The summed E-state index contributed by atoms with van der Waals surface area (Å²) in [4.78, 5) is 122. The van der Waals surface area contributed by atoms with Crippen LogP contribution in [0.5, 0.6) is 0 Å². The van der Waals surface area contributed by atoms with E-state index in [9.17, 15) is 39.0 Å². The van der Waals surface area contributed by atoms with Crippen LogP contribution < -0.4 is 66.3 Å². The second-order valence-corrected chi connectivity index (χ2v) is 44.6. The normalized spacial score (nSPS) is 23.1. The molecule has 20 N–H and O–H groups in total. The van der Waals surface area contributed by atoms with E-state index in [1.807, 2.05) is 6.92 Å². The first-order valence-corrected chi connectivity index (χ1v) is 49.6. The van der Waals surface area contributed by atoms with Crippen LogP contribution in [-0.4, -0.2) is 180 Å². The van der Waals surface area contributed by atoms with Crippen LogP contribution in [-0.2, 0) is 48.0 Å². The molecule has 6 amide bonds. The van der Waals surface area contributed by atoms with Crippen molar-refractivity contribution in [1.82, 2.24) is 59.8 Å². The van der Waals surface area contributed by atoms with Gasteiger partial charge in [0.2, 0.25) is 35.7 Å². The average Bonchev–Trinajstić information content (AvgIpc) is 0.884. The van der Waals surface area contributed by atoms with Crippen molar-refractivity contribution in [3.8, 4) is 0 Å². The van der Waals surface area contributed by atoms with Gasteiger partial charge in [0.25, 0.3) is 35.4 Å². The lowest BCUT2D eigenvalue weighted by atomic mass is 9.75. The van der Waals surface area contributed by atoms with Crippen LogP contribution in [0.15, 0.2) is 37.2 Å². The molecular weight excluding hydrogens is 1710 g/mol. The van der Waals surface area contributed by atoms with Gasteiger partial charge in [-0.05, 0) is 231 Å². The Balaban J connectivity index is 0.000000182. The molecule has 746 valence electrons. The summed E-state index contributed by atoms with van der Waals surface area (Å²) in [7, 11) is 0. The SMILES string of the molecule is CC(C)(C)Cc1nc(NC2CCC(C)(O)CC2)ncc1C(N)=O.CC(C)(C)Cc1nc(N[C@@H]2CCCOC2)ncc1C(N)=O.CC(C)(C)Cc1nc(N[C@@H]2CCC[C@@H](O)C2)ncc1C(N)=O.CC(C)(C)Cc1nc(N[C@H]2CCCOC2)ncc1C(N)=O.CC1CCC(Nc2ncc(C(N)=O)c(C[C@@H](C)C3CCC3)n2)CC1.CC1CCC(Nc2ncc(C(N)=O)c(C[C@H](C)C3CCC3)n2)CC1. The molecule has 0 radical (unpaired) electrons. The number of primary amides is 6. The summed E-state index contributed by atoms with van der Waals surface area (Å²) in [5, 5.41) is 39.8. The van der Waals surface area contributed by atoms with Gasteiger partial charge >= 0.3 is 0 Å². The molecule has 14 rings (SSSR count). The van der Waals surface area contributed by atoms with Crippen LogP contribution in [0.4, 0.5) is 35.7 Å². The summed E-state index contributed by atoms with van der Waals surface area (Å²) in [5.74, 6) is 4.82. The van der Waals surface area contributed by atoms with Crippen molar-refractivity contribution in [2.24, 2.45) is 91.6 Å². The van der Waals surface area contributed by atoms with Gasteiger partial charge in [-0.3, -0.25) is 28.8 Å².